The summed E-state index contributed by atoms with van der Waals surface area (Å²) in [5, 5.41) is 13.8. The highest BCUT2D eigenvalue weighted by atomic mass is 16.5. The van der Waals surface area contributed by atoms with Crippen LogP contribution < -0.4 is 10.9 Å². The number of aromatic nitrogens is 1. The summed E-state index contributed by atoms with van der Waals surface area (Å²) < 4.78 is 6.50. The highest BCUT2D eigenvalue weighted by molar-refractivity contribution is 6.09. The zero-order valence-electron chi connectivity index (χ0n) is 16.1. The summed E-state index contributed by atoms with van der Waals surface area (Å²) in [6.45, 7) is 3.90. The Morgan fingerprint density at radius 1 is 1.21 bits per heavy atom. The first-order valence-corrected chi connectivity index (χ1v) is 9.40. The lowest BCUT2D eigenvalue weighted by atomic mass is 10.1. The summed E-state index contributed by atoms with van der Waals surface area (Å²) in [5.41, 5.74) is 1.59. The molecule has 2 aromatic carbocycles. The van der Waals surface area contributed by atoms with Crippen LogP contribution in [0.5, 0.6) is 5.75 Å². The zero-order valence-corrected chi connectivity index (χ0v) is 16.1. The van der Waals surface area contributed by atoms with E-state index < -0.39 is 17.4 Å². The van der Waals surface area contributed by atoms with E-state index in [0.717, 1.165) is 5.56 Å². The topological polar surface area (TPSA) is 97.6 Å². The summed E-state index contributed by atoms with van der Waals surface area (Å²) in [6, 6.07) is 11.5. The van der Waals surface area contributed by atoms with E-state index in [1.165, 1.54) is 12.1 Å². The van der Waals surface area contributed by atoms with E-state index in [0.29, 0.717) is 28.6 Å². The molecule has 0 radical (unpaired) electrons. The average molecular weight is 392 g/mol. The van der Waals surface area contributed by atoms with Gasteiger partial charge >= 0.3 is 5.97 Å². The number of aromatic hydroxyl groups is 1. The van der Waals surface area contributed by atoms with Crippen molar-refractivity contribution in [3.8, 4) is 5.75 Å². The van der Waals surface area contributed by atoms with Gasteiger partial charge < -0.3 is 19.7 Å². The van der Waals surface area contributed by atoms with Gasteiger partial charge in [0.05, 0.1) is 17.7 Å². The van der Waals surface area contributed by atoms with Crippen LogP contribution >= 0.6 is 0 Å². The maximum Gasteiger partial charge on any atom is 0.338 e. The van der Waals surface area contributed by atoms with Crippen molar-refractivity contribution < 1.29 is 19.4 Å². The van der Waals surface area contributed by atoms with Crippen molar-refractivity contribution in [3.63, 3.8) is 0 Å². The molecule has 0 bridgehead atoms. The van der Waals surface area contributed by atoms with E-state index in [-0.39, 0.29) is 24.0 Å². The summed E-state index contributed by atoms with van der Waals surface area (Å²) >= 11 is 0. The van der Waals surface area contributed by atoms with Gasteiger partial charge in [-0.3, -0.25) is 9.59 Å². The molecule has 7 nitrogen and oxygen atoms in total. The minimum absolute atomic E-state index is 0.0987. The monoisotopic (exact) mass is 392 g/mol. The van der Waals surface area contributed by atoms with E-state index in [4.69, 9.17) is 4.74 Å². The lowest BCUT2D eigenvalue weighted by Crippen LogP contribution is -2.30. The average Bonchev–Trinajstić information content (AvgIpc) is 3.04. The number of esters is 1. The third-order valence-electron chi connectivity index (χ3n) is 5.12. The number of benzene rings is 2. The number of anilines is 1. The number of para-hydroxylation sites is 1. The molecule has 2 heterocycles. The number of pyridine rings is 1. The minimum Gasteiger partial charge on any atom is -0.506 e. The second-order valence-electron chi connectivity index (χ2n) is 7.02. The third-order valence-corrected chi connectivity index (χ3v) is 5.12. The molecule has 4 rings (SSSR count). The number of ether oxygens (including phenoxy) is 1. The number of amides is 1. The minimum atomic E-state index is -0.702. The zero-order chi connectivity index (χ0) is 20.7. The van der Waals surface area contributed by atoms with Gasteiger partial charge in [-0.25, -0.2) is 4.79 Å². The molecule has 0 aliphatic carbocycles. The van der Waals surface area contributed by atoms with Crippen LogP contribution in [0, 0.1) is 0 Å². The molecular formula is C22H20N2O5. The molecule has 0 unspecified atom stereocenters. The molecule has 29 heavy (non-hydrogen) atoms. The molecule has 0 saturated carbocycles. The number of carbonyl (C=O) groups excluding carboxylic acids is 2. The molecule has 1 aliphatic rings. The molecule has 0 saturated heterocycles. The highest BCUT2D eigenvalue weighted by Crippen LogP contribution is 2.36. The normalized spacial score (nSPS) is 14.8. The quantitative estimate of drug-likeness (QED) is 0.664. The molecule has 1 aromatic heterocycles. The Morgan fingerprint density at radius 3 is 2.62 bits per heavy atom. The Hall–Kier alpha value is -3.61. The van der Waals surface area contributed by atoms with Gasteiger partial charge in [-0.05, 0) is 56.2 Å². The first kappa shape index (κ1) is 18.7. The van der Waals surface area contributed by atoms with E-state index in [9.17, 15) is 19.5 Å². The predicted molar refractivity (Wildman–Crippen MR) is 109 cm³/mol. The van der Waals surface area contributed by atoms with E-state index in [2.05, 4.69) is 5.32 Å². The van der Waals surface area contributed by atoms with Gasteiger partial charge in [-0.1, -0.05) is 12.1 Å². The first-order valence-electron chi connectivity index (χ1n) is 9.40. The number of nitrogens with one attached hydrogen (secondary N) is 1. The van der Waals surface area contributed by atoms with Crippen LogP contribution in [-0.2, 0) is 11.2 Å². The fourth-order valence-corrected chi connectivity index (χ4v) is 3.82. The van der Waals surface area contributed by atoms with Crippen LogP contribution in [0.15, 0.2) is 47.3 Å². The van der Waals surface area contributed by atoms with Gasteiger partial charge in [0, 0.05) is 17.1 Å². The van der Waals surface area contributed by atoms with Crippen LogP contribution in [0.3, 0.4) is 0 Å². The van der Waals surface area contributed by atoms with Gasteiger partial charge in [0.2, 0.25) is 0 Å². The van der Waals surface area contributed by atoms with Gasteiger partial charge in [0.1, 0.15) is 11.3 Å². The summed E-state index contributed by atoms with van der Waals surface area (Å²) in [7, 11) is 0. The number of nitrogens with zero attached hydrogens (tertiary/aromatic N) is 1. The van der Waals surface area contributed by atoms with Crippen molar-refractivity contribution in [1.82, 2.24) is 4.57 Å². The molecule has 1 atom stereocenters. The Kier molecular flexibility index (Phi) is 4.58. The second kappa shape index (κ2) is 7.09. The molecule has 0 spiro atoms. The molecule has 0 fully saturated rings. The largest absolute Gasteiger partial charge is 0.506 e. The highest BCUT2D eigenvalue weighted by Gasteiger charge is 2.29. The number of hydrogen-bond donors (Lipinski definition) is 2. The first-order chi connectivity index (χ1) is 13.9. The molecule has 7 heteroatoms. The second-order valence-corrected chi connectivity index (χ2v) is 7.02. The van der Waals surface area contributed by atoms with E-state index in [1.807, 2.05) is 13.0 Å². The molecule has 1 amide bonds. The Balaban J connectivity index is 1.70. The van der Waals surface area contributed by atoms with E-state index >= 15 is 0 Å². The van der Waals surface area contributed by atoms with Crippen molar-refractivity contribution >= 4 is 28.5 Å². The van der Waals surface area contributed by atoms with Gasteiger partial charge in [-0.15, -0.1) is 0 Å². The van der Waals surface area contributed by atoms with Crippen molar-refractivity contribution in [3.05, 3.63) is 69.5 Å². The molecule has 3 aromatic rings. The molecule has 1 aliphatic heterocycles. The van der Waals surface area contributed by atoms with E-state index in [1.54, 1.807) is 35.8 Å². The van der Waals surface area contributed by atoms with Gasteiger partial charge in [0.15, 0.2) is 0 Å². The van der Waals surface area contributed by atoms with Crippen LogP contribution in [0.2, 0.25) is 0 Å². The maximum atomic E-state index is 13.0. The van der Waals surface area contributed by atoms with Gasteiger partial charge in [0.25, 0.3) is 11.5 Å². The Bertz CT molecular complexity index is 1190. The molecule has 2 N–H and O–H groups in total. The van der Waals surface area contributed by atoms with Crippen molar-refractivity contribution in [2.24, 2.45) is 0 Å². The SMILES string of the molecule is CCOC(=O)c1ccc(NC(=O)c2c(O)c3cccc4c3n(c2=O)[C@H](C)C4)cc1. The van der Waals surface area contributed by atoms with Crippen molar-refractivity contribution in [1.29, 1.82) is 0 Å². The van der Waals surface area contributed by atoms with Crippen molar-refractivity contribution in [2.45, 2.75) is 26.3 Å². The predicted octanol–water partition coefficient (Wildman–Crippen LogP) is 3.25. The van der Waals surface area contributed by atoms with Crippen LogP contribution in [0.4, 0.5) is 5.69 Å². The number of hydrogen-bond acceptors (Lipinski definition) is 5. The van der Waals surface area contributed by atoms with Gasteiger partial charge in [-0.2, -0.15) is 0 Å². The Labute approximate surface area is 166 Å². The molecular weight excluding hydrogens is 372 g/mol. The fraction of sp³-hybridized carbons (Fsp3) is 0.227. The summed E-state index contributed by atoms with van der Waals surface area (Å²) in [6.07, 6.45) is 0.673. The van der Waals surface area contributed by atoms with Crippen LogP contribution in [-0.4, -0.2) is 28.2 Å². The lowest BCUT2D eigenvalue weighted by Gasteiger charge is -2.14. The summed E-state index contributed by atoms with van der Waals surface area (Å²) in [5.74, 6) is -1.48. The molecule has 148 valence electrons. The lowest BCUT2D eigenvalue weighted by molar-refractivity contribution is 0.0526. The Morgan fingerprint density at radius 2 is 1.93 bits per heavy atom. The van der Waals surface area contributed by atoms with Crippen molar-refractivity contribution in [2.75, 3.05) is 11.9 Å². The van der Waals surface area contributed by atoms with Crippen LogP contribution in [0.1, 0.15) is 46.2 Å². The summed E-state index contributed by atoms with van der Waals surface area (Å²) in [4.78, 5) is 37.6. The smallest absolute Gasteiger partial charge is 0.338 e. The fourth-order valence-electron chi connectivity index (χ4n) is 3.82. The maximum absolute atomic E-state index is 13.0. The third kappa shape index (κ3) is 3.04. The number of carbonyl (C=O) groups is 2. The number of rotatable bonds is 4. The van der Waals surface area contributed by atoms with Crippen LogP contribution in [0.25, 0.3) is 10.9 Å². The standard InChI is InChI=1S/C22H20N2O5/c1-3-29-22(28)13-7-9-15(10-8-13)23-20(26)17-19(25)16-6-4-5-14-11-12(2)24(18(14)16)21(17)27/h4-10,12,25H,3,11H2,1-2H3,(H,23,26)/t12-/m1/s1.